The molecule has 2 rings (SSSR count). The molecule has 0 aliphatic carbocycles. The number of carbonyl (C=O) groups is 1. The first-order valence-corrected chi connectivity index (χ1v) is 7.89. The van der Waals surface area contributed by atoms with Crippen LogP contribution in [0.1, 0.15) is 25.1 Å². The van der Waals surface area contributed by atoms with Crippen LogP contribution in [0.4, 0.5) is 5.13 Å². The highest BCUT2D eigenvalue weighted by atomic mass is 32.2. The second kappa shape index (κ2) is 6.71. The van der Waals surface area contributed by atoms with Crippen LogP contribution >= 0.6 is 23.1 Å². The van der Waals surface area contributed by atoms with Crippen molar-refractivity contribution < 1.29 is 4.79 Å². The molecule has 0 radical (unpaired) electrons. The van der Waals surface area contributed by atoms with Gasteiger partial charge in [0.05, 0.1) is 17.5 Å². The summed E-state index contributed by atoms with van der Waals surface area (Å²) in [7, 11) is 1.86. The summed E-state index contributed by atoms with van der Waals surface area (Å²) in [5.74, 6) is 0.250. The summed E-state index contributed by atoms with van der Waals surface area (Å²) in [5.41, 5.74) is 6.48. The SMILES string of the molecule is CCC(NC(=O)CSc1nnc(N)s1)c1ccnn1C. The molecule has 1 amide bonds. The summed E-state index contributed by atoms with van der Waals surface area (Å²) >= 11 is 2.61. The lowest BCUT2D eigenvalue weighted by Gasteiger charge is -2.16. The fraction of sp³-hybridized carbons (Fsp3) is 0.455. The van der Waals surface area contributed by atoms with E-state index in [1.165, 1.54) is 23.1 Å². The molecule has 7 nitrogen and oxygen atoms in total. The van der Waals surface area contributed by atoms with Gasteiger partial charge in [-0.25, -0.2) is 0 Å². The van der Waals surface area contributed by atoms with Gasteiger partial charge in [0.1, 0.15) is 0 Å². The van der Waals surface area contributed by atoms with Crippen LogP contribution in [-0.2, 0) is 11.8 Å². The van der Waals surface area contributed by atoms with Gasteiger partial charge in [0.2, 0.25) is 11.0 Å². The van der Waals surface area contributed by atoms with E-state index in [0.29, 0.717) is 15.2 Å². The Morgan fingerprint density at radius 3 is 2.95 bits per heavy atom. The van der Waals surface area contributed by atoms with E-state index in [1.807, 2.05) is 20.0 Å². The number of nitrogens with one attached hydrogen (secondary N) is 1. The Morgan fingerprint density at radius 2 is 2.40 bits per heavy atom. The van der Waals surface area contributed by atoms with E-state index in [9.17, 15) is 4.79 Å². The topological polar surface area (TPSA) is 98.7 Å². The molecule has 108 valence electrons. The average molecular weight is 312 g/mol. The smallest absolute Gasteiger partial charge is 0.230 e. The highest BCUT2D eigenvalue weighted by molar-refractivity contribution is 8.01. The van der Waals surface area contributed by atoms with Crippen LogP contribution in [-0.4, -0.2) is 31.6 Å². The lowest BCUT2D eigenvalue weighted by atomic mass is 10.1. The molecule has 3 N–H and O–H groups in total. The number of aromatic nitrogens is 4. The number of hydrogen-bond acceptors (Lipinski definition) is 7. The maximum absolute atomic E-state index is 12.0. The summed E-state index contributed by atoms with van der Waals surface area (Å²) in [6, 6.07) is 1.88. The molecule has 0 aromatic carbocycles. The third-order valence-corrected chi connectivity index (χ3v) is 4.59. The van der Waals surface area contributed by atoms with Gasteiger partial charge in [-0.1, -0.05) is 30.0 Å². The summed E-state index contributed by atoms with van der Waals surface area (Å²) < 4.78 is 2.47. The summed E-state index contributed by atoms with van der Waals surface area (Å²) in [6.45, 7) is 2.02. The molecule has 0 saturated heterocycles. The Kier molecular flexibility index (Phi) is 4.96. The second-order valence-corrected chi connectivity index (χ2v) is 6.33. The van der Waals surface area contributed by atoms with E-state index in [2.05, 4.69) is 20.6 Å². The highest BCUT2D eigenvalue weighted by Gasteiger charge is 2.16. The molecule has 1 atom stereocenters. The summed E-state index contributed by atoms with van der Waals surface area (Å²) in [6.07, 6.45) is 2.53. The van der Waals surface area contributed by atoms with Crippen molar-refractivity contribution in [2.24, 2.45) is 7.05 Å². The van der Waals surface area contributed by atoms with Gasteiger partial charge < -0.3 is 11.1 Å². The molecule has 2 heterocycles. The van der Waals surface area contributed by atoms with E-state index in [4.69, 9.17) is 5.73 Å². The molecule has 9 heteroatoms. The van der Waals surface area contributed by atoms with Crippen molar-refractivity contribution in [1.82, 2.24) is 25.3 Å². The maximum Gasteiger partial charge on any atom is 0.230 e. The molecule has 2 aromatic rings. The van der Waals surface area contributed by atoms with E-state index >= 15 is 0 Å². The summed E-state index contributed by atoms with van der Waals surface area (Å²) in [5, 5.41) is 15.1. The summed E-state index contributed by atoms with van der Waals surface area (Å²) in [4.78, 5) is 12.0. The van der Waals surface area contributed by atoms with Crippen molar-refractivity contribution in [2.45, 2.75) is 23.7 Å². The molecule has 0 aliphatic rings. The van der Waals surface area contributed by atoms with Crippen LogP contribution in [0, 0.1) is 0 Å². The first kappa shape index (κ1) is 14.8. The van der Waals surface area contributed by atoms with Gasteiger partial charge >= 0.3 is 0 Å². The quantitative estimate of drug-likeness (QED) is 0.778. The first-order valence-electron chi connectivity index (χ1n) is 6.09. The Hall–Kier alpha value is -1.61. The van der Waals surface area contributed by atoms with Crippen LogP contribution in [0.2, 0.25) is 0 Å². The molecule has 1 unspecified atom stereocenters. The van der Waals surface area contributed by atoms with Crippen molar-refractivity contribution in [3.63, 3.8) is 0 Å². The average Bonchev–Trinajstić information content (AvgIpc) is 3.02. The predicted molar refractivity (Wildman–Crippen MR) is 79.4 cm³/mol. The van der Waals surface area contributed by atoms with Gasteiger partial charge in [0, 0.05) is 13.2 Å². The Bertz CT molecular complexity index is 581. The van der Waals surface area contributed by atoms with Crippen LogP contribution < -0.4 is 11.1 Å². The molecular weight excluding hydrogens is 296 g/mol. The second-order valence-electron chi connectivity index (χ2n) is 4.10. The largest absolute Gasteiger partial charge is 0.374 e. The zero-order chi connectivity index (χ0) is 14.5. The monoisotopic (exact) mass is 312 g/mol. The third-order valence-electron chi connectivity index (χ3n) is 2.71. The minimum atomic E-state index is -0.0446. The van der Waals surface area contributed by atoms with Crippen molar-refractivity contribution in [3.8, 4) is 0 Å². The number of aryl methyl sites for hydroxylation is 1. The zero-order valence-electron chi connectivity index (χ0n) is 11.2. The van der Waals surface area contributed by atoms with Crippen LogP contribution in [0.5, 0.6) is 0 Å². The van der Waals surface area contributed by atoms with Gasteiger partial charge in [0.25, 0.3) is 0 Å². The molecule has 0 aliphatic heterocycles. The number of anilines is 1. The molecule has 20 heavy (non-hydrogen) atoms. The van der Waals surface area contributed by atoms with E-state index in [0.717, 1.165) is 12.1 Å². The number of hydrogen-bond donors (Lipinski definition) is 2. The normalized spacial score (nSPS) is 12.3. The van der Waals surface area contributed by atoms with Gasteiger partial charge in [0.15, 0.2) is 4.34 Å². The first-order chi connectivity index (χ1) is 9.60. The van der Waals surface area contributed by atoms with Crippen LogP contribution in [0.15, 0.2) is 16.6 Å². The number of thioether (sulfide) groups is 1. The number of nitrogens with two attached hydrogens (primary N) is 1. The predicted octanol–water partition coefficient (Wildman–Crippen LogP) is 1.21. The van der Waals surface area contributed by atoms with E-state index in [-0.39, 0.29) is 11.9 Å². The maximum atomic E-state index is 12.0. The number of amides is 1. The van der Waals surface area contributed by atoms with Crippen molar-refractivity contribution >= 4 is 34.1 Å². The lowest BCUT2D eigenvalue weighted by molar-refractivity contribution is -0.119. The number of nitrogen functional groups attached to an aromatic ring is 1. The zero-order valence-corrected chi connectivity index (χ0v) is 12.9. The highest BCUT2D eigenvalue weighted by Crippen LogP contribution is 2.23. The molecular formula is C11H16N6OS2. The molecule has 0 saturated carbocycles. The fourth-order valence-corrected chi connectivity index (χ4v) is 3.20. The van der Waals surface area contributed by atoms with E-state index in [1.54, 1.807) is 10.9 Å². The van der Waals surface area contributed by atoms with Crippen molar-refractivity contribution in [1.29, 1.82) is 0 Å². The Balaban J connectivity index is 1.88. The minimum Gasteiger partial charge on any atom is -0.374 e. The molecule has 0 fully saturated rings. The number of carbonyl (C=O) groups excluding carboxylic acids is 1. The Morgan fingerprint density at radius 1 is 1.60 bits per heavy atom. The van der Waals surface area contributed by atoms with Crippen molar-refractivity contribution in [2.75, 3.05) is 11.5 Å². The number of nitrogens with zero attached hydrogens (tertiary/aromatic N) is 4. The lowest BCUT2D eigenvalue weighted by Crippen LogP contribution is -2.30. The standard InChI is InChI=1S/C11H16N6OS2/c1-3-7(8-4-5-13-17(8)2)14-9(18)6-19-11-16-15-10(12)20-11/h4-5,7H,3,6H2,1-2H3,(H2,12,15)(H,14,18). The van der Waals surface area contributed by atoms with Gasteiger partial charge in [-0.2, -0.15) is 5.10 Å². The van der Waals surface area contributed by atoms with Gasteiger partial charge in [-0.15, -0.1) is 10.2 Å². The minimum absolute atomic E-state index is 0.0323. The third kappa shape index (κ3) is 3.70. The molecule has 0 spiro atoms. The molecule has 2 aromatic heterocycles. The van der Waals surface area contributed by atoms with Crippen LogP contribution in [0.25, 0.3) is 0 Å². The van der Waals surface area contributed by atoms with Crippen molar-refractivity contribution in [3.05, 3.63) is 18.0 Å². The fourth-order valence-electron chi connectivity index (χ4n) is 1.75. The van der Waals surface area contributed by atoms with E-state index < -0.39 is 0 Å². The number of rotatable bonds is 6. The Labute approximate surface area is 125 Å². The van der Waals surface area contributed by atoms with Crippen LogP contribution in [0.3, 0.4) is 0 Å². The van der Waals surface area contributed by atoms with Gasteiger partial charge in [-0.3, -0.25) is 9.48 Å². The van der Waals surface area contributed by atoms with Gasteiger partial charge in [-0.05, 0) is 12.5 Å². The molecule has 0 bridgehead atoms.